The Morgan fingerprint density at radius 1 is 1.06 bits per heavy atom. The van der Waals surface area contributed by atoms with Gasteiger partial charge in [0.2, 0.25) is 0 Å². The van der Waals surface area contributed by atoms with E-state index in [0.29, 0.717) is 0 Å². The van der Waals surface area contributed by atoms with Crippen LogP contribution < -0.4 is 0 Å². The summed E-state index contributed by atoms with van der Waals surface area (Å²) in [4.78, 5) is 0. The molecule has 0 amide bonds. The van der Waals surface area contributed by atoms with Crippen LogP contribution >= 0.6 is 0 Å². The maximum atomic E-state index is 10.0. The summed E-state index contributed by atoms with van der Waals surface area (Å²) in [5, 5.41) is 14.7. The van der Waals surface area contributed by atoms with Crippen LogP contribution in [0.5, 0.6) is 0 Å². The fourth-order valence-electron chi connectivity index (χ4n) is 2.69. The third-order valence-electron chi connectivity index (χ3n) is 3.71. The van der Waals surface area contributed by atoms with Gasteiger partial charge in [-0.25, -0.2) is 0 Å². The molecule has 2 aromatic rings. The smallest absolute Gasteiger partial charge is 0.0923 e. The van der Waals surface area contributed by atoms with Gasteiger partial charge in [0.25, 0.3) is 0 Å². The molecule has 0 unspecified atom stereocenters. The zero-order chi connectivity index (χ0) is 12.4. The van der Waals surface area contributed by atoms with Gasteiger partial charge in [-0.3, -0.25) is 4.68 Å². The predicted molar refractivity (Wildman–Crippen MR) is 71.2 cm³/mol. The third-order valence-corrected chi connectivity index (χ3v) is 3.71. The summed E-state index contributed by atoms with van der Waals surface area (Å²) in [7, 11) is 0. The van der Waals surface area contributed by atoms with Gasteiger partial charge in [-0.15, -0.1) is 0 Å². The van der Waals surface area contributed by atoms with Crippen molar-refractivity contribution in [2.24, 2.45) is 0 Å². The first-order valence-corrected chi connectivity index (χ1v) is 6.63. The SMILES string of the molecule is O[C@H]1CCCC[C@@H]1n1ccc(-c2ccccc2)n1. The molecule has 3 rings (SSSR count). The largest absolute Gasteiger partial charge is 0.391 e. The van der Waals surface area contributed by atoms with Crippen molar-refractivity contribution < 1.29 is 5.11 Å². The van der Waals surface area contributed by atoms with Crippen molar-refractivity contribution in [2.45, 2.75) is 37.8 Å². The quantitative estimate of drug-likeness (QED) is 0.879. The molecule has 3 heteroatoms. The normalized spacial score (nSPS) is 24.1. The van der Waals surface area contributed by atoms with E-state index in [9.17, 15) is 5.11 Å². The van der Waals surface area contributed by atoms with E-state index >= 15 is 0 Å². The highest BCUT2D eigenvalue weighted by molar-refractivity contribution is 5.58. The van der Waals surface area contributed by atoms with Crippen molar-refractivity contribution >= 4 is 0 Å². The molecule has 18 heavy (non-hydrogen) atoms. The Hall–Kier alpha value is -1.61. The zero-order valence-electron chi connectivity index (χ0n) is 10.4. The van der Waals surface area contributed by atoms with Crippen LogP contribution in [0.1, 0.15) is 31.7 Å². The Morgan fingerprint density at radius 2 is 1.83 bits per heavy atom. The predicted octanol–water partition coefficient (Wildman–Crippen LogP) is 3.03. The number of aliphatic hydroxyl groups is 1. The molecule has 94 valence electrons. The molecule has 1 aliphatic rings. The number of aliphatic hydroxyl groups excluding tert-OH is 1. The minimum atomic E-state index is -0.248. The summed E-state index contributed by atoms with van der Waals surface area (Å²) in [5.41, 5.74) is 2.11. The average molecular weight is 242 g/mol. The number of hydrogen-bond acceptors (Lipinski definition) is 2. The molecule has 0 radical (unpaired) electrons. The lowest BCUT2D eigenvalue weighted by Crippen LogP contribution is -2.27. The van der Waals surface area contributed by atoms with E-state index in [0.717, 1.165) is 30.5 Å². The molecule has 1 fully saturated rings. The minimum absolute atomic E-state index is 0.149. The summed E-state index contributed by atoms with van der Waals surface area (Å²) in [6.07, 6.45) is 5.97. The third kappa shape index (κ3) is 2.18. The van der Waals surface area contributed by atoms with Gasteiger partial charge in [0.15, 0.2) is 0 Å². The molecule has 1 saturated carbocycles. The second-order valence-corrected chi connectivity index (χ2v) is 4.97. The summed E-state index contributed by atoms with van der Waals surface area (Å²) in [5.74, 6) is 0. The first-order chi connectivity index (χ1) is 8.84. The van der Waals surface area contributed by atoms with Crippen molar-refractivity contribution in [3.63, 3.8) is 0 Å². The summed E-state index contributed by atoms with van der Waals surface area (Å²) in [6.45, 7) is 0. The van der Waals surface area contributed by atoms with Crippen molar-refractivity contribution in [1.82, 2.24) is 9.78 Å². The van der Waals surface area contributed by atoms with Crippen molar-refractivity contribution in [1.29, 1.82) is 0 Å². The van der Waals surface area contributed by atoms with Crippen LogP contribution in [0.3, 0.4) is 0 Å². The first kappa shape index (κ1) is 11.5. The van der Waals surface area contributed by atoms with Crippen LogP contribution in [-0.4, -0.2) is 21.0 Å². The van der Waals surface area contributed by atoms with Gasteiger partial charge in [0, 0.05) is 11.8 Å². The van der Waals surface area contributed by atoms with Crippen LogP contribution in [0.15, 0.2) is 42.6 Å². The summed E-state index contributed by atoms with van der Waals surface area (Å²) < 4.78 is 1.94. The van der Waals surface area contributed by atoms with E-state index in [-0.39, 0.29) is 12.1 Å². The lowest BCUT2D eigenvalue weighted by atomic mass is 9.93. The molecule has 0 saturated heterocycles. The maximum absolute atomic E-state index is 10.0. The van der Waals surface area contributed by atoms with Gasteiger partial charge in [0.05, 0.1) is 17.8 Å². The topological polar surface area (TPSA) is 38.0 Å². The highest BCUT2D eigenvalue weighted by atomic mass is 16.3. The van der Waals surface area contributed by atoms with E-state index in [1.807, 2.05) is 35.1 Å². The minimum Gasteiger partial charge on any atom is -0.391 e. The van der Waals surface area contributed by atoms with Crippen molar-refractivity contribution in [3.05, 3.63) is 42.6 Å². The Kier molecular flexibility index (Phi) is 3.15. The van der Waals surface area contributed by atoms with E-state index in [2.05, 4.69) is 17.2 Å². The van der Waals surface area contributed by atoms with Gasteiger partial charge in [-0.05, 0) is 18.9 Å². The fourth-order valence-corrected chi connectivity index (χ4v) is 2.69. The zero-order valence-corrected chi connectivity index (χ0v) is 10.4. The summed E-state index contributed by atoms with van der Waals surface area (Å²) >= 11 is 0. The van der Waals surface area contributed by atoms with Crippen LogP contribution in [-0.2, 0) is 0 Å². The monoisotopic (exact) mass is 242 g/mol. The number of nitrogens with zero attached hydrogens (tertiary/aromatic N) is 2. The first-order valence-electron chi connectivity index (χ1n) is 6.63. The second kappa shape index (κ2) is 4.94. The molecule has 1 heterocycles. The van der Waals surface area contributed by atoms with Gasteiger partial charge in [-0.1, -0.05) is 43.2 Å². The lowest BCUT2D eigenvalue weighted by Gasteiger charge is -2.27. The molecule has 0 aliphatic heterocycles. The van der Waals surface area contributed by atoms with E-state index in [1.165, 1.54) is 6.42 Å². The molecule has 1 aromatic carbocycles. The number of benzene rings is 1. The molecule has 1 aliphatic carbocycles. The Bertz CT molecular complexity index is 506. The van der Waals surface area contributed by atoms with Crippen LogP contribution in [0, 0.1) is 0 Å². The van der Waals surface area contributed by atoms with E-state index in [1.54, 1.807) is 0 Å². The standard InChI is InChI=1S/C15H18N2O/c18-15-9-5-4-8-14(15)17-11-10-13(16-17)12-6-2-1-3-7-12/h1-3,6-7,10-11,14-15,18H,4-5,8-9H2/t14-,15-/m0/s1. The van der Waals surface area contributed by atoms with Crippen LogP contribution in [0.25, 0.3) is 11.3 Å². The van der Waals surface area contributed by atoms with Crippen molar-refractivity contribution in [3.8, 4) is 11.3 Å². The van der Waals surface area contributed by atoms with Gasteiger partial charge < -0.3 is 5.11 Å². The lowest BCUT2D eigenvalue weighted by molar-refractivity contribution is 0.0696. The highest BCUT2D eigenvalue weighted by Crippen LogP contribution is 2.29. The molecule has 2 atom stereocenters. The molecule has 1 aromatic heterocycles. The van der Waals surface area contributed by atoms with Gasteiger partial charge in [0.1, 0.15) is 0 Å². The highest BCUT2D eigenvalue weighted by Gasteiger charge is 2.25. The van der Waals surface area contributed by atoms with Crippen LogP contribution in [0.4, 0.5) is 0 Å². The molecule has 1 N–H and O–H groups in total. The molecule has 3 nitrogen and oxygen atoms in total. The van der Waals surface area contributed by atoms with Crippen molar-refractivity contribution in [2.75, 3.05) is 0 Å². The van der Waals surface area contributed by atoms with Crippen LogP contribution in [0.2, 0.25) is 0 Å². The number of hydrogen-bond donors (Lipinski definition) is 1. The molecule has 0 bridgehead atoms. The number of rotatable bonds is 2. The Balaban J connectivity index is 1.85. The Morgan fingerprint density at radius 3 is 2.61 bits per heavy atom. The van der Waals surface area contributed by atoms with E-state index < -0.39 is 0 Å². The van der Waals surface area contributed by atoms with Gasteiger partial charge in [-0.2, -0.15) is 5.10 Å². The van der Waals surface area contributed by atoms with Gasteiger partial charge >= 0.3 is 0 Å². The fraction of sp³-hybridized carbons (Fsp3) is 0.400. The average Bonchev–Trinajstić information content (AvgIpc) is 2.90. The second-order valence-electron chi connectivity index (χ2n) is 4.97. The molecular formula is C15H18N2O. The Labute approximate surface area is 107 Å². The number of aromatic nitrogens is 2. The van der Waals surface area contributed by atoms with E-state index in [4.69, 9.17) is 0 Å². The molecular weight excluding hydrogens is 224 g/mol. The molecule has 0 spiro atoms. The summed E-state index contributed by atoms with van der Waals surface area (Å²) in [6, 6.07) is 12.3. The maximum Gasteiger partial charge on any atom is 0.0923 e.